The molecule has 0 fully saturated rings. The van der Waals surface area contributed by atoms with E-state index in [0.29, 0.717) is 23.2 Å². The number of hydrogen-bond acceptors (Lipinski definition) is 10. The van der Waals surface area contributed by atoms with Crippen LogP contribution >= 0.6 is 0 Å². The maximum absolute atomic E-state index is 16.1. The second-order valence-corrected chi connectivity index (χ2v) is 15.3. The maximum Gasteiger partial charge on any atom is 0.408 e. The first kappa shape index (κ1) is 46.3. The summed E-state index contributed by atoms with van der Waals surface area (Å²) in [5.74, 6) is -12.0. The molecule has 15 nitrogen and oxygen atoms in total. The van der Waals surface area contributed by atoms with Gasteiger partial charge in [-0.25, -0.2) is 4.79 Å². The lowest BCUT2D eigenvalue weighted by Crippen LogP contribution is -2.61. The molecule has 0 radical (unpaired) electrons. The van der Waals surface area contributed by atoms with Crippen molar-refractivity contribution in [2.75, 3.05) is 0 Å². The van der Waals surface area contributed by atoms with E-state index in [4.69, 9.17) is 4.74 Å². The number of aliphatic imine (C=N–C) groups is 2. The molecule has 17 heteroatoms. The molecule has 1 aliphatic heterocycles. The smallest absolute Gasteiger partial charge is 0.408 e. The summed E-state index contributed by atoms with van der Waals surface area (Å²) in [6.45, 7) is 8.20. The number of halogens is 2. The number of carbonyl (C=O) groups excluding carboxylic acids is 6. The fraction of sp³-hybridized carbons (Fsp3) is 0.419. The van der Waals surface area contributed by atoms with Crippen LogP contribution in [-0.4, -0.2) is 94.8 Å². The van der Waals surface area contributed by atoms with Crippen LogP contribution in [0.2, 0.25) is 0 Å². The first-order valence-corrected chi connectivity index (χ1v) is 19.6. The zero-order valence-corrected chi connectivity index (χ0v) is 34.2. The Morgan fingerprint density at radius 1 is 0.717 bits per heavy atom. The molecule has 60 heavy (non-hydrogen) atoms. The molecule has 0 bridgehead atoms. The summed E-state index contributed by atoms with van der Waals surface area (Å²) in [7, 11) is 0. The van der Waals surface area contributed by atoms with Crippen molar-refractivity contribution >= 4 is 47.9 Å². The fourth-order valence-electron chi connectivity index (χ4n) is 6.05. The quantitative estimate of drug-likeness (QED) is 0.106. The number of alkyl carbamates (subject to hydrolysis) is 1. The molecule has 0 saturated carbocycles. The van der Waals surface area contributed by atoms with Gasteiger partial charge in [-0.3, -0.25) is 38.9 Å². The maximum atomic E-state index is 16.1. The van der Waals surface area contributed by atoms with Crippen LogP contribution in [0.5, 0.6) is 0 Å². The van der Waals surface area contributed by atoms with Crippen LogP contribution in [0, 0.1) is 5.92 Å². The molecule has 5 N–H and O–H groups in total. The number of nitrogens with zero attached hydrogens (tertiary/aromatic N) is 3. The minimum Gasteiger partial charge on any atom is -0.444 e. The van der Waals surface area contributed by atoms with E-state index in [1.54, 1.807) is 113 Å². The summed E-state index contributed by atoms with van der Waals surface area (Å²) in [6, 6.07) is 15.5. The number of benzene rings is 2. The molecule has 0 aliphatic carbocycles. The highest BCUT2D eigenvalue weighted by Gasteiger charge is 2.52. The molecular formula is C43H52F2N8O7. The van der Waals surface area contributed by atoms with Gasteiger partial charge in [-0.2, -0.15) is 8.78 Å². The largest absolute Gasteiger partial charge is 0.444 e. The van der Waals surface area contributed by atoms with E-state index < -0.39 is 89.7 Å². The molecule has 2 aromatic carbocycles. The number of aromatic nitrogens is 1. The molecule has 5 atom stereocenters. The lowest BCUT2D eigenvalue weighted by molar-refractivity contribution is -0.161. The number of alkyl halides is 2. The molecule has 4 rings (SSSR count). The number of carbonyl (C=O) groups is 6. The summed E-state index contributed by atoms with van der Waals surface area (Å²) in [4.78, 5) is 93.8. The number of ketones is 1. The second kappa shape index (κ2) is 21.6. The summed E-state index contributed by atoms with van der Waals surface area (Å²) in [5.41, 5.74) is 0.621. The van der Waals surface area contributed by atoms with Crippen molar-refractivity contribution in [3.05, 3.63) is 102 Å². The van der Waals surface area contributed by atoms with Gasteiger partial charge in [0.1, 0.15) is 29.9 Å². The SMILES string of the molecule is CC[C@H](C)[C@H](NC(=O)C(F)(F)C(=O)[C@H](Cc1ccccc1)NC(=O)[C@H](CC1N=CC=N1)NC(=O)[C@H](Cc1ccccc1)NC(=O)OC(C)(C)C)C(=O)NCc1ccccn1. The molecule has 320 valence electrons. The number of rotatable bonds is 20. The lowest BCUT2D eigenvalue weighted by Gasteiger charge is -2.29. The van der Waals surface area contributed by atoms with Gasteiger partial charge >= 0.3 is 12.0 Å². The fourth-order valence-corrected chi connectivity index (χ4v) is 6.05. The number of amides is 5. The Bertz CT molecular complexity index is 1980. The predicted molar refractivity (Wildman–Crippen MR) is 220 cm³/mol. The number of Topliss-reactive ketones (excluding diaryl/α,β-unsaturated/α-hetero) is 1. The van der Waals surface area contributed by atoms with Gasteiger partial charge in [0.25, 0.3) is 5.91 Å². The Kier molecular flexibility index (Phi) is 16.6. The van der Waals surface area contributed by atoms with Gasteiger partial charge in [0.05, 0.1) is 18.3 Å². The molecule has 0 unspecified atom stereocenters. The zero-order valence-electron chi connectivity index (χ0n) is 34.2. The lowest BCUT2D eigenvalue weighted by atomic mass is 9.95. The van der Waals surface area contributed by atoms with Gasteiger partial charge in [-0.15, -0.1) is 0 Å². The van der Waals surface area contributed by atoms with Gasteiger partial charge in [0.15, 0.2) is 0 Å². The molecule has 0 spiro atoms. The number of nitrogens with one attached hydrogen (secondary N) is 5. The average molecular weight is 831 g/mol. The third-order valence-corrected chi connectivity index (χ3v) is 9.41. The topological polar surface area (TPSA) is 209 Å². The van der Waals surface area contributed by atoms with Crippen LogP contribution in [0.4, 0.5) is 13.6 Å². The van der Waals surface area contributed by atoms with E-state index in [1.165, 1.54) is 18.6 Å². The highest BCUT2D eigenvalue weighted by atomic mass is 19.3. The third-order valence-electron chi connectivity index (χ3n) is 9.41. The summed E-state index contributed by atoms with van der Waals surface area (Å²) >= 11 is 0. The van der Waals surface area contributed by atoms with Crippen LogP contribution in [0.3, 0.4) is 0 Å². The van der Waals surface area contributed by atoms with E-state index in [0.717, 1.165) is 0 Å². The normalized spacial score (nSPS) is 15.1. The Morgan fingerprint density at radius 3 is 1.82 bits per heavy atom. The average Bonchev–Trinajstić information content (AvgIpc) is 3.74. The van der Waals surface area contributed by atoms with E-state index in [-0.39, 0.29) is 19.4 Å². The minimum absolute atomic E-state index is 0.0186. The Morgan fingerprint density at radius 2 is 1.27 bits per heavy atom. The van der Waals surface area contributed by atoms with Crippen LogP contribution in [0.25, 0.3) is 0 Å². The molecule has 1 aliphatic rings. The first-order chi connectivity index (χ1) is 28.5. The van der Waals surface area contributed by atoms with Crippen LogP contribution < -0.4 is 26.6 Å². The Balaban J connectivity index is 1.59. The Hall–Kier alpha value is -6.39. The van der Waals surface area contributed by atoms with Crippen molar-refractivity contribution in [3.63, 3.8) is 0 Å². The standard InChI is InChI=1S/C43H52F2N8O7/c1-6-27(2)35(39(57)49-26-30-19-13-14-20-46-30)53-40(58)43(44,45)36(54)31(23-28-15-9-7-10-16-28)50-38(56)33(25-34-47-21-22-48-34)51-37(55)32(24-29-17-11-8-12-18-29)52-41(59)60-42(3,4)5/h7-22,27,31-35H,6,23-26H2,1-5H3,(H,49,57)(H,50,56)(H,51,55)(H,52,59)(H,53,58)/t27-,31-,32-,33-,35-/m0/s1. The summed E-state index contributed by atoms with van der Waals surface area (Å²) < 4.78 is 37.6. The van der Waals surface area contributed by atoms with Crippen molar-refractivity contribution in [1.29, 1.82) is 0 Å². The van der Waals surface area contributed by atoms with Gasteiger partial charge in [-0.05, 0) is 49.9 Å². The third kappa shape index (κ3) is 14.2. The van der Waals surface area contributed by atoms with Crippen molar-refractivity contribution in [1.82, 2.24) is 31.6 Å². The molecule has 5 amide bonds. The molecular weight excluding hydrogens is 779 g/mol. The van der Waals surface area contributed by atoms with E-state index in [1.807, 2.05) is 0 Å². The van der Waals surface area contributed by atoms with Crippen molar-refractivity contribution in [2.45, 2.75) is 109 Å². The van der Waals surface area contributed by atoms with Crippen molar-refractivity contribution in [3.8, 4) is 0 Å². The van der Waals surface area contributed by atoms with E-state index in [2.05, 4.69) is 41.6 Å². The number of pyridine rings is 1. The summed E-state index contributed by atoms with van der Waals surface area (Å²) in [5, 5.41) is 12.1. The number of hydrogen-bond donors (Lipinski definition) is 5. The van der Waals surface area contributed by atoms with Crippen molar-refractivity contribution < 1.29 is 42.3 Å². The zero-order chi connectivity index (χ0) is 43.9. The van der Waals surface area contributed by atoms with Gasteiger partial charge in [0, 0.05) is 37.9 Å². The monoisotopic (exact) mass is 830 g/mol. The van der Waals surface area contributed by atoms with E-state index >= 15 is 8.78 Å². The predicted octanol–water partition coefficient (Wildman–Crippen LogP) is 3.65. The first-order valence-electron chi connectivity index (χ1n) is 19.6. The molecule has 3 aromatic rings. The molecule has 0 saturated heterocycles. The van der Waals surface area contributed by atoms with Crippen LogP contribution in [-0.2, 0) is 48.1 Å². The Labute approximate surface area is 347 Å². The van der Waals surface area contributed by atoms with Crippen LogP contribution in [0.1, 0.15) is 64.3 Å². The van der Waals surface area contributed by atoms with Crippen molar-refractivity contribution in [2.24, 2.45) is 15.9 Å². The van der Waals surface area contributed by atoms with Crippen LogP contribution in [0.15, 0.2) is 95.0 Å². The van der Waals surface area contributed by atoms with E-state index in [9.17, 15) is 28.8 Å². The second-order valence-electron chi connectivity index (χ2n) is 15.3. The summed E-state index contributed by atoms with van der Waals surface area (Å²) in [6.07, 6.45) is 2.10. The highest BCUT2D eigenvalue weighted by molar-refractivity contribution is 6.17. The highest BCUT2D eigenvalue weighted by Crippen LogP contribution is 2.22. The molecule has 2 heterocycles. The number of ether oxygens (including phenoxy) is 1. The van der Waals surface area contributed by atoms with Gasteiger partial charge < -0.3 is 31.3 Å². The van der Waals surface area contributed by atoms with Gasteiger partial charge in [0.2, 0.25) is 23.5 Å². The molecule has 1 aromatic heterocycles. The van der Waals surface area contributed by atoms with Gasteiger partial charge in [-0.1, -0.05) is 87.0 Å². The minimum atomic E-state index is -4.74.